The van der Waals surface area contributed by atoms with E-state index >= 15 is 0 Å². The first-order chi connectivity index (χ1) is 13.1. The van der Waals surface area contributed by atoms with Crippen LogP contribution >= 0.6 is 0 Å². The summed E-state index contributed by atoms with van der Waals surface area (Å²) in [5, 5.41) is 0. The van der Waals surface area contributed by atoms with Crippen LogP contribution in [0.15, 0.2) is 30.3 Å². The van der Waals surface area contributed by atoms with Crippen LogP contribution in [0.1, 0.15) is 42.5 Å². The Kier molecular flexibility index (Phi) is 6.27. The summed E-state index contributed by atoms with van der Waals surface area (Å²) in [6, 6.07) is 9.78. The zero-order valence-electron chi connectivity index (χ0n) is 16.4. The van der Waals surface area contributed by atoms with Crippen LogP contribution in [0.25, 0.3) is 11.3 Å². The van der Waals surface area contributed by atoms with Crippen molar-refractivity contribution in [1.82, 2.24) is 14.9 Å². The normalized spacial score (nSPS) is 15.0. The molecular weight excluding hydrogens is 340 g/mol. The smallest absolute Gasteiger partial charge is 0.261 e. The molecular formula is C21H28N4O2. The second-order valence-electron chi connectivity index (χ2n) is 7.08. The van der Waals surface area contributed by atoms with Gasteiger partial charge >= 0.3 is 0 Å². The first-order valence-electron chi connectivity index (χ1n) is 9.60. The third kappa shape index (κ3) is 4.38. The van der Waals surface area contributed by atoms with Crippen molar-refractivity contribution in [2.75, 3.05) is 39.2 Å². The molecule has 0 saturated carbocycles. The topological polar surface area (TPSA) is 58.6 Å². The third-order valence-electron chi connectivity index (χ3n) is 4.86. The van der Waals surface area contributed by atoms with E-state index in [9.17, 15) is 4.79 Å². The SMILES string of the molecule is COc1nc(N2CCCCCCC2)nc(-c2ccccc2)c1C(=O)N(C)C. The molecule has 0 bridgehead atoms. The monoisotopic (exact) mass is 368 g/mol. The lowest BCUT2D eigenvalue weighted by Gasteiger charge is -2.26. The maximum atomic E-state index is 12.9. The molecule has 0 radical (unpaired) electrons. The van der Waals surface area contributed by atoms with Gasteiger partial charge in [0, 0.05) is 32.7 Å². The maximum Gasteiger partial charge on any atom is 0.261 e. The molecule has 6 nitrogen and oxygen atoms in total. The summed E-state index contributed by atoms with van der Waals surface area (Å²) in [6.45, 7) is 1.86. The minimum atomic E-state index is -0.162. The van der Waals surface area contributed by atoms with Crippen LogP contribution in [0, 0.1) is 0 Å². The molecule has 0 aliphatic carbocycles. The fourth-order valence-electron chi connectivity index (χ4n) is 3.39. The van der Waals surface area contributed by atoms with Gasteiger partial charge < -0.3 is 14.5 Å². The zero-order valence-corrected chi connectivity index (χ0v) is 16.4. The van der Waals surface area contributed by atoms with Crippen molar-refractivity contribution in [2.24, 2.45) is 0 Å². The minimum Gasteiger partial charge on any atom is -0.480 e. The second-order valence-corrected chi connectivity index (χ2v) is 7.08. The van der Waals surface area contributed by atoms with E-state index in [0.717, 1.165) is 31.5 Å². The number of benzene rings is 1. The van der Waals surface area contributed by atoms with E-state index in [1.807, 2.05) is 30.3 Å². The Balaban J connectivity index is 2.13. The molecule has 0 N–H and O–H groups in total. The number of carbonyl (C=O) groups excluding carboxylic acids is 1. The molecule has 144 valence electrons. The highest BCUT2D eigenvalue weighted by molar-refractivity contribution is 6.02. The van der Waals surface area contributed by atoms with Gasteiger partial charge in [0.2, 0.25) is 11.8 Å². The van der Waals surface area contributed by atoms with Gasteiger partial charge in [-0.15, -0.1) is 0 Å². The largest absolute Gasteiger partial charge is 0.480 e. The lowest BCUT2D eigenvalue weighted by molar-refractivity contribution is 0.0824. The minimum absolute atomic E-state index is 0.162. The molecule has 0 unspecified atom stereocenters. The summed E-state index contributed by atoms with van der Waals surface area (Å²) in [5.74, 6) is 0.812. The summed E-state index contributed by atoms with van der Waals surface area (Å²) in [6.07, 6.45) is 6.02. The lowest BCUT2D eigenvalue weighted by Crippen LogP contribution is -2.30. The van der Waals surface area contributed by atoms with Gasteiger partial charge in [-0.1, -0.05) is 49.6 Å². The summed E-state index contributed by atoms with van der Waals surface area (Å²) < 4.78 is 5.54. The predicted molar refractivity (Wildman–Crippen MR) is 107 cm³/mol. The average molecular weight is 368 g/mol. The molecule has 6 heteroatoms. The summed E-state index contributed by atoms with van der Waals surface area (Å²) in [7, 11) is 5.01. The number of aromatic nitrogens is 2. The van der Waals surface area contributed by atoms with Crippen molar-refractivity contribution in [2.45, 2.75) is 32.1 Å². The van der Waals surface area contributed by atoms with Gasteiger partial charge in [-0.2, -0.15) is 4.98 Å². The number of hydrogen-bond acceptors (Lipinski definition) is 5. The van der Waals surface area contributed by atoms with Crippen molar-refractivity contribution < 1.29 is 9.53 Å². The molecule has 2 heterocycles. The van der Waals surface area contributed by atoms with Gasteiger partial charge in [-0.25, -0.2) is 4.98 Å². The highest BCUT2D eigenvalue weighted by atomic mass is 16.5. The molecule has 2 aromatic rings. The number of amides is 1. The Hall–Kier alpha value is -2.63. The number of carbonyl (C=O) groups is 1. The standard InChI is InChI=1S/C21H28N4O2/c1-24(2)20(26)17-18(16-12-8-7-9-13-16)22-21(23-19(17)27-3)25-14-10-5-4-6-11-15-25/h7-9,12-13H,4-6,10-11,14-15H2,1-3H3. The molecule has 1 aromatic heterocycles. The number of anilines is 1. The number of hydrogen-bond donors (Lipinski definition) is 0. The van der Waals surface area contributed by atoms with Gasteiger partial charge in [0.15, 0.2) is 0 Å². The summed E-state index contributed by atoms with van der Waals surface area (Å²) >= 11 is 0. The third-order valence-corrected chi connectivity index (χ3v) is 4.86. The summed E-state index contributed by atoms with van der Waals surface area (Å²) in [5.41, 5.74) is 1.92. The second kappa shape index (κ2) is 8.84. The van der Waals surface area contributed by atoms with E-state index in [-0.39, 0.29) is 5.91 Å². The maximum absolute atomic E-state index is 12.9. The van der Waals surface area contributed by atoms with E-state index in [4.69, 9.17) is 9.72 Å². The Morgan fingerprint density at radius 1 is 1.00 bits per heavy atom. The van der Waals surface area contributed by atoms with Gasteiger partial charge in [0.25, 0.3) is 5.91 Å². The summed E-state index contributed by atoms with van der Waals surface area (Å²) in [4.78, 5) is 26.1. The quantitative estimate of drug-likeness (QED) is 0.825. The van der Waals surface area contributed by atoms with Crippen LogP contribution in [0.4, 0.5) is 5.95 Å². The Morgan fingerprint density at radius 2 is 1.63 bits per heavy atom. The van der Waals surface area contributed by atoms with Crippen molar-refractivity contribution in [3.63, 3.8) is 0 Å². The first kappa shape index (κ1) is 19.1. The van der Waals surface area contributed by atoms with Crippen molar-refractivity contribution in [3.8, 4) is 17.1 Å². The zero-order chi connectivity index (χ0) is 19.2. The molecule has 0 atom stereocenters. The van der Waals surface area contributed by atoms with Crippen LogP contribution in [0.2, 0.25) is 0 Å². The molecule has 1 saturated heterocycles. The van der Waals surface area contributed by atoms with Crippen molar-refractivity contribution in [1.29, 1.82) is 0 Å². The fraction of sp³-hybridized carbons (Fsp3) is 0.476. The highest BCUT2D eigenvalue weighted by Gasteiger charge is 2.26. The van der Waals surface area contributed by atoms with Crippen LogP contribution in [-0.2, 0) is 0 Å². The van der Waals surface area contributed by atoms with E-state index in [1.54, 1.807) is 21.2 Å². The Morgan fingerprint density at radius 3 is 2.22 bits per heavy atom. The average Bonchev–Trinajstić information content (AvgIpc) is 2.66. The fourth-order valence-corrected chi connectivity index (χ4v) is 3.39. The molecule has 1 amide bonds. The molecule has 3 rings (SSSR count). The van der Waals surface area contributed by atoms with Crippen LogP contribution in [0.5, 0.6) is 5.88 Å². The number of ether oxygens (including phenoxy) is 1. The Labute approximate surface area is 161 Å². The predicted octanol–water partition coefficient (Wildman–Crippen LogP) is 3.62. The van der Waals surface area contributed by atoms with Gasteiger partial charge in [-0.3, -0.25) is 4.79 Å². The van der Waals surface area contributed by atoms with Gasteiger partial charge in [0.05, 0.1) is 12.8 Å². The van der Waals surface area contributed by atoms with E-state index < -0.39 is 0 Å². The number of methoxy groups -OCH3 is 1. The van der Waals surface area contributed by atoms with Crippen LogP contribution in [0.3, 0.4) is 0 Å². The van der Waals surface area contributed by atoms with Crippen LogP contribution in [-0.4, -0.2) is 55.1 Å². The Bertz CT molecular complexity index is 769. The molecule has 1 aromatic carbocycles. The molecule has 27 heavy (non-hydrogen) atoms. The lowest BCUT2D eigenvalue weighted by atomic mass is 10.1. The molecule has 0 spiro atoms. The molecule has 1 aliphatic rings. The van der Waals surface area contributed by atoms with E-state index in [2.05, 4.69) is 9.88 Å². The van der Waals surface area contributed by atoms with E-state index in [1.165, 1.54) is 24.2 Å². The molecule has 1 aliphatic heterocycles. The van der Waals surface area contributed by atoms with Gasteiger partial charge in [0.1, 0.15) is 5.56 Å². The molecule has 1 fully saturated rings. The number of nitrogens with zero attached hydrogens (tertiary/aromatic N) is 4. The van der Waals surface area contributed by atoms with Gasteiger partial charge in [-0.05, 0) is 12.8 Å². The highest BCUT2D eigenvalue weighted by Crippen LogP contribution is 2.31. The van der Waals surface area contributed by atoms with Crippen molar-refractivity contribution >= 4 is 11.9 Å². The number of rotatable bonds is 4. The first-order valence-corrected chi connectivity index (χ1v) is 9.60. The van der Waals surface area contributed by atoms with Crippen molar-refractivity contribution in [3.05, 3.63) is 35.9 Å². The van der Waals surface area contributed by atoms with Crippen LogP contribution < -0.4 is 9.64 Å². The van der Waals surface area contributed by atoms with E-state index in [0.29, 0.717) is 23.1 Å².